The quantitative estimate of drug-likeness (QED) is 0.277. The van der Waals surface area contributed by atoms with Crippen molar-refractivity contribution in [2.45, 2.75) is 25.0 Å². The normalized spacial score (nSPS) is 17.5. The van der Waals surface area contributed by atoms with Gasteiger partial charge in [0, 0.05) is 24.1 Å². The van der Waals surface area contributed by atoms with Crippen molar-refractivity contribution in [2.75, 3.05) is 32.0 Å². The summed E-state index contributed by atoms with van der Waals surface area (Å²) in [7, 11) is 0. The highest BCUT2D eigenvalue weighted by Crippen LogP contribution is 2.25. The minimum atomic E-state index is 0. The number of halogens is 2. The van der Waals surface area contributed by atoms with Crippen molar-refractivity contribution >= 4 is 53.3 Å². The summed E-state index contributed by atoms with van der Waals surface area (Å²) in [5, 5.41) is 7.81. The molecule has 1 atom stereocenters. The van der Waals surface area contributed by atoms with Gasteiger partial charge >= 0.3 is 0 Å². The molecule has 0 spiro atoms. The Labute approximate surface area is 164 Å². The number of aliphatic imine (C=N–C) groups is 1. The maximum absolute atomic E-state index is 5.78. The first-order valence-electron chi connectivity index (χ1n) is 7.66. The molecular weight excluding hydrogens is 447 g/mol. The van der Waals surface area contributed by atoms with Crippen LogP contribution in [0, 0.1) is 0 Å². The van der Waals surface area contributed by atoms with Gasteiger partial charge in [0.25, 0.3) is 0 Å². The topological polar surface area (TPSA) is 58.5 Å². The Bertz CT molecular complexity index is 469. The predicted molar refractivity (Wildman–Crippen MR) is 110 cm³/mol. The number of pyridine rings is 1. The molecule has 0 aromatic carbocycles. The van der Waals surface area contributed by atoms with Crippen LogP contribution in [0.2, 0.25) is 5.02 Å². The highest BCUT2D eigenvalue weighted by atomic mass is 127. The second kappa shape index (κ2) is 12.0. The van der Waals surface area contributed by atoms with Gasteiger partial charge in [-0.15, -0.1) is 24.0 Å². The van der Waals surface area contributed by atoms with Crippen molar-refractivity contribution < 1.29 is 4.74 Å². The third kappa shape index (κ3) is 8.30. The van der Waals surface area contributed by atoms with Gasteiger partial charge in [0.1, 0.15) is 6.61 Å². The summed E-state index contributed by atoms with van der Waals surface area (Å²) in [5.41, 5.74) is 0. The lowest BCUT2D eigenvalue weighted by Gasteiger charge is -2.13. The van der Waals surface area contributed by atoms with E-state index >= 15 is 0 Å². The molecule has 2 rings (SSSR count). The van der Waals surface area contributed by atoms with E-state index in [-0.39, 0.29) is 24.0 Å². The van der Waals surface area contributed by atoms with Gasteiger partial charge in [0.15, 0.2) is 5.96 Å². The van der Waals surface area contributed by atoms with Gasteiger partial charge in [0.2, 0.25) is 5.88 Å². The van der Waals surface area contributed by atoms with Crippen LogP contribution in [0.25, 0.3) is 0 Å². The Morgan fingerprint density at radius 1 is 1.48 bits per heavy atom. The average Bonchev–Trinajstić information content (AvgIpc) is 3.04. The number of rotatable bonds is 7. The Balaban J connectivity index is 0.00000264. The van der Waals surface area contributed by atoms with Crippen LogP contribution in [0.15, 0.2) is 23.3 Å². The zero-order valence-corrected chi connectivity index (χ0v) is 17.2. The van der Waals surface area contributed by atoms with Crippen molar-refractivity contribution in [3.63, 3.8) is 0 Å². The molecule has 130 valence electrons. The molecule has 0 amide bonds. The largest absolute Gasteiger partial charge is 0.476 e. The first-order chi connectivity index (χ1) is 10.8. The molecule has 5 nitrogen and oxygen atoms in total. The Kier molecular flexibility index (Phi) is 10.8. The van der Waals surface area contributed by atoms with Gasteiger partial charge < -0.3 is 15.4 Å². The molecule has 1 aromatic rings. The molecule has 2 N–H and O–H groups in total. The van der Waals surface area contributed by atoms with E-state index in [4.69, 9.17) is 16.3 Å². The number of guanidine groups is 1. The average molecular weight is 471 g/mol. The first kappa shape index (κ1) is 20.6. The molecule has 0 radical (unpaired) electrons. The molecular formula is C15H24ClIN4OS. The molecule has 1 saturated heterocycles. The summed E-state index contributed by atoms with van der Waals surface area (Å²) in [5.74, 6) is 2.70. The second-order valence-corrected chi connectivity index (χ2v) is 6.79. The minimum Gasteiger partial charge on any atom is -0.476 e. The van der Waals surface area contributed by atoms with Crippen LogP contribution in [0.5, 0.6) is 5.88 Å². The standard InChI is InChI=1S/C15H23ClN4OS.HI/c1-2-17-15(20-11-13-4-3-9-22-13)18-7-8-21-14-6-5-12(16)10-19-14;/h5-6,10,13H,2-4,7-9,11H2,1H3,(H2,17,18,20);1H. The van der Waals surface area contributed by atoms with Crippen LogP contribution < -0.4 is 15.4 Å². The Morgan fingerprint density at radius 2 is 2.35 bits per heavy atom. The van der Waals surface area contributed by atoms with Gasteiger partial charge in [-0.25, -0.2) is 4.98 Å². The van der Waals surface area contributed by atoms with Crippen molar-refractivity contribution in [1.29, 1.82) is 0 Å². The smallest absolute Gasteiger partial charge is 0.213 e. The van der Waals surface area contributed by atoms with E-state index in [2.05, 4.69) is 27.5 Å². The van der Waals surface area contributed by atoms with Gasteiger partial charge in [-0.2, -0.15) is 11.8 Å². The number of ether oxygens (including phenoxy) is 1. The van der Waals surface area contributed by atoms with Crippen LogP contribution in [0.1, 0.15) is 19.8 Å². The van der Waals surface area contributed by atoms with Gasteiger partial charge in [-0.3, -0.25) is 4.99 Å². The second-order valence-electron chi connectivity index (χ2n) is 4.94. The van der Waals surface area contributed by atoms with Gasteiger partial charge in [-0.05, 0) is 31.6 Å². The van der Waals surface area contributed by atoms with Gasteiger partial charge in [-0.1, -0.05) is 11.6 Å². The molecule has 1 aliphatic heterocycles. The fraction of sp³-hybridized carbons (Fsp3) is 0.600. The van der Waals surface area contributed by atoms with Crippen LogP contribution in [0.4, 0.5) is 0 Å². The summed E-state index contributed by atoms with van der Waals surface area (Å²) in [6, 6.07) is 3.53. The van der Waals surface area contributed by atoms with E-state index in [0.717, 1.165) is 19.0 Å². The number of nitrogens with one attached hydrogen (secondary N) is 2. The Hall–Kier alpha value is -0.410. The zero-order chi connectivity index (χ0) is 15.6. The molecule has 2 heterocycles. The fourth-order valence-electron chi connectivity index (χ4n) is 2.10. The molecule has 0 saturated carbocycles. The Morgan fingerprint density at radius 3 is 3.00 bits per heavy atom. The van der Waals surface area contributed by atoms with E-state index in [0.29, 0.717) is 29.3 Å². The SMILES string of the molecule is CCNC(=NCC1CCCS1)NCCOc1ccc(Cl)cn1.I. The van der Waals surface area contributed by atoms with Gasteiger partial charge in [0.05, 0.1) is 18.1 Å². The summed E-state index contributed by atoms with van der Waals surface area (Å²) in [6.07, 6.45) is 4.17. The lowest BCUT2D eigenvalue weighted by atomic mass is 10.2. The van der Waals surface area contributed by atoms with E-state index < -0.39 is 0 Å². The molecule has 1 fully saturated rings. The maximum Gasteiger partial charge on any atom is 0.213 e. The molecule has 1 unspecified atom stereocenters. The van der Waals surface area contributed by atoms with Crippen molar-refractivity contribution in [2.24, 2.45) is 4.99 Å². The van der Waals surface area contributed by atoms with Crippen molar-refractivity contribution in [3.8, 4) is 5.88 Å². The summed E-state index contributed by atoms with van der Waals surface area (Å²) < 4.78 is 5.55. The minimum absolute atomic E-state index is 0. The lowest BCUT2D eigenvalue weighted by Crippen LogP contribution is -2.39. The lowest BCUT2D eigenvalue weighted by molar-refractivity contribution is 0.309. The molecule has 23 heavy (non-hydrogen) atoms. The van der Waals surface area contributed by atoms with E-state index in [1.165, 1.54) is 18.6 Å². The summed E-state index contributed by atoms with van der Waals surface area (Å²) in [6.45, 7) is 4.99. The first-order valence-corrected chi connectivity index (χ1v) is 9.08. The molecule has 1 aromatic heterocycles. The highest BCUT2D eigenvalue weighted by Gasteiger charge is 2.14. The van der Waals surface area contributed by atoms with Crippen molar-refractivity contribution in [3.05, 3.63) is 23.4 Å². The fourth-order valence-corrected chi connectivity index (χ4v) is 3.39. The number of hydrogen-bond donors (Lipinski definition) is 2. The summed E-state index contributed by atoms with van der Waals surface area (Å²) >= 11 is 7.80. The number of aromatic nitrogens is 1. The molecule has 8 heteroatoms. The van der Waals surface area contributed by atoms with Crippen molar-refractivity contribution in [1.82, 2.24) is 15.6 Å². The monoisotopic (exact) mass is 470 g/mol. The summed E-state index contributed by atoms with van der Waals surface area (Å²) in [4.78, 5) is 8.73. The molecule has 0 aliphatic carbocycles. The number of nitrogens with zero attached hydrogens (tertiary/aromatic N) is 2. The van der Waals surface area contributed by atoms with E-state index in [1.807, 2.05) is 11.8 Å². The van der Waals surface area contributed by atoms with E-state index in [9.17, 15) is 0 Å². The number of thioether (sulfide) groups is 1. The third-order valence-corrected chi connectivity index (χ3v) is 4.77. The van der Waals surface area contributed by atoms with E-state index in [1.54, 1.807) is 18.3 Å². The van der Waals surface area contributed by atoms with Crippen LogP contribution in [-0.2, 0) is 0 Å². The van der Waals surface area contributed by atoms with Crippen LogP contribution in [-0.4, -0.2) is 48.2 Å². The molecule has 0 bridgehead atoms. The maximum atomic E-state index is 5.78. The third-order valence-electron chi connectivity index (χ3n) is 3.17. The van der Waals surface area contributed by atoms with Crippen LogP contribution >= 0.6 is 47.3 Å². The number of hydrogen-bond acceptors (Lipinski definition) is 4. The van der Waals surface area contributed by atoms with Crippen LogP contribution in [0.3, 0.4) is 0 Å². The zero-order valence-electron chi connectivity index (χ0n) is 13.3. The highest BCUT2D eigenvalue weighted by molar-refractivity contribution is 14.0. The predicted octanol–water partition coefficient (Wildman–Crippen LogP) is 3.18. The molecule has 1 aliphatic rings.